The van der Waals surface area contributed by atoms with Crippen LogP contribution in [0.4, 0.5) is 5.69 Å². The van der Waals surface area contributed by atoms with E-state index in [-0.39, 0.29) is 22.2 Å². The highest BCUT2D eigenvalue weighted by molar-refractivity contribution is 8.00. The zero-order valence-electron chi connectivity index (χ0n) is 18.9. The zero-order valence-corrected chi connectivity index (χ0v) is 19.7. The largest absolute Gasteiger partial charge is 0.465 e. The molecule has 8 nitrogen and oxygen atoms in total. The van der Waals surface area contributed by atoms with E-state index in [2.05, 4.69) is 10.3 Å². The van der Waals surface area contributed by atoms with Gasteiger partial charge in [-0.3, -0.25) is 14.2 Å². The molecule has 4 aromatic rings. The summed E-state index contributed by atoms with van der Waals surface area (Å²) in [5.41, 5.74) is 1.59. The second-order valence-electron chi connectivity index (χ2n) is 7.50. The predicted molar refractivity (Wildman–Crippen MR) is 134 cm³/mol. The van der Waals surface area contributed by atoms with Gasteiger partial charge in [0.05, 0.1) is 45.8 Å². The number of hydrogen-bond acceptors (Lipinski definition) is 7. The monoisotopic (exact) mass is 484 g/mol. The van der Waals surface area contributed by atoms with E-state index < -0.39 is 11.2 Å². The summed E-state index contributed by atoms with van der Waals surface area (Å²) in [4.78, 5) is 43.1. The van der Waals surface area contributed by atoms with E-state index in [4.69, 9.17) is 4.74 Å². The first-order valence-corrected chi connectivity index (χ1v) is 11.5. The molecule has 0 saturated heterocycles. The number of hydrogen-bond donors (Lipinski definition) is 1. The molecule has 174 valence electrons. The fourth-order valence-electron chi connectivity index (χ4n) is 3.43. The van der Waals surface area contributed by atoms with Crippen molar-refractivity contribution < 1.29 is 14.3 Å². The van der Waals surface area contributed by atoms with Gasteiger partial charge in [0, 0.05) is 0 Å². The number of para-hydroxylation sites is 2. The molecular weight excluding hydrogens is 464 g/mol. The Balaban J connectivity index is 1.76. The SMILES string of the molecule is COC(=O)c1ccc2c(=O)n(-c3ccccc3)c(SC(C)C(=O)Nc3ccccc3C#N)nc2c1. The van der Waals surface area contributed by atoms with Crippen molar-refractivity contribution in [2.75, 3.05) is 12.4 Å². The lowest BCUT2D eigenvalue weighted by Gasteiger charge is -2.17. The van der Waals surface area contributed by atoms with Crippen molar-refractivity contribution >= 4 is 40.2 Å². The number of nitrogens with zero attached hydrogens (tertiary/aromatic N) is 3. The molecule has 0 fully saturated rings. The van der Waals surface area contributed by atoms with Crippen LogP contribution in [0.3, 0.4) is 0 Å². The van der Waals surface area contributed by atoms with Gasteiger partial charge in [-0.25, -0.2) is 9.78 Å². The van der Waals surface area contributed by atoms with E-state index in [0.717, 1.165) is 11.8 Å². The lowest BCUT2D eigenvalue weighted by molar-refractivity contribution is -0.115. The average Bonchev–Trinajstić information content (AvgIpc) is 2.88. The first kappa shape index (κ1) is 23.7. The molecule has 35 heavy (non-hydrogen) atoms. The van der Waals surface area contributed by atoms with Crippen LogP contribution in [0.15, 0.2) is 82.7 Å². The zero-order chi connectivity index (χ0) is 24.9. The van der Waals surface area contributed by atoms with Gasteiger partial charge >= 0.3 is 5.97 Å². The van der Waals surface area contributed by atoms with E-state index in [1.165, 1.54) is 23.8 Å². The minimum atomic E-state index is -0.662. The summed E-state index contributed by atoms with van der Waals surface area (Å²) in [5.74, 6) is -0.894. The summed E-state index contributed by atoms with van der Waals surface area (Å²) in [6.45, 7) is 1.69. The number of esters is 1. The summed E-state index contributed by atoms with van der Waals surface area (Å²) in [7, 11) is 1.28. The molecule has 0 spiro atoms. The molecule has 0 saturated carbocycles. The maximum atomic E-state index is 13.5. The number of thioether (sulfide) groups is 1. The van der Waals surface area contributed by atoms with Gasteiger partial charge in [-0.05, 0) is 49.4 Å². The van der Waals surface area contributed by atoms with Crippen LogP contribution in [-0.4, -0.2) is 33.8 Å². The van der Waals surface area contributed by atoms with Crippen LogP contribution in [0.2, 0.25) is 0 Å². The first-order chi connectivity index (χ1) is 16.9. The molecule has 3 aromatic carbocycles. The molecule has 0 aliphatic heterocycles. The second-order valence-corrected chi connectivity index (χ2v) is 8.81. The highest BCUT2D eigenvalue weighted by atomic mass is 32.2. The van der Waals surface area contributed by atoms with Crippen LogP contribution >= 0.6 is 11.8 Å². The number of ether oxygens (including phenoxy) is 1. The Kier molecular flexibility index (Phi) is 6.94. The van der Waals surface area contributed by atoms with Crippen LogP contribution in [0.25, 0.3) is 16.6 Å². The first-order valence-electron chi connectivity index (χ1n) is 10.6. The van der Waals surface area contributed by atoms with Crippen molar-refractivity contribution in [3.63, 3.8) is 0 Å². The number of carbonyl (C=O) groups excluding carboxylic acids is 2. The molecule has 0 aliphatic rings. The van der Waals surface area contributed by atoms with E-state index in [0.29, 0.717) is 27.8 Å². The van der Waals surface area contributed by atoms with E-state index >= 15 is 0 Å². The third kappa shape index (κ3) is 4.93. The fraction of sp³-hybridized carbons (Fsp3) is 0.115. The summed E-state index contributed by atoms with van der Waals surface area (Å²) < 4.78 is 6.22. The minimum absolute atomic E-state index is 0.263. The Morgan fingerprint density at radius 1 is 1.09 bits per heavy atom. The molecule has 1 amide bonds. The molecule has 0 bridgehead atoms. The maximum absolute atomic E-state index is 13.5. The third-order valence-corrected chi connectivity index (χ3v) is 6.28. The lowest BCUT2D eigenvalue weighted by atomic mass is 10.1. The standard InChI is InChI=1S/C26H20N4O4S/c1-16(23(31)28-21-11-7-6-8-18(21)15-27)35-26-29-22-14-17(25(33)34-2)12-13-20(22)24(32)30(26)19-9-4-3-5-10-19/h3-14,16H,1-2H3,(H,28,31). The highest BCUT2D eigenvalue weighted by Crippen LogP contribution is 2.27. The van der Waals surface area contributed by atoms with Gasteiger partial charge in [-0.2, -0.15) is 5.26 Å². The summed E-state index contributed by atoms with van der Waals surface area (Å²) in [6.07, 6.45) is 0. The van der Waals surface area contributed by atoms with Gasteiger partial charge in [0.2, 0.25) is 5.91 Å². The highest BCUT2D eigenvalue weighted by Gasteiger charge is 2.21. The van der Waals surface area contributed by atoms with Crippen LogP contribution in [-0.2, 0) is 9.53 Å². The van der Waals surface area contributed by atoms with E-state index in [1.54, 1.807) is 61.5 Å². The van der Waals surface area contributed by atoms with Gasteiger partial charge < -0.3 is 10.1 Å². The number of nitriles is 1. The Bertz CT molecular complexity index is 1530. The fourth-order valence-corrected chi connectivity index (χ4v) is 4.36. The Labute approximate surface area is 205 Å². The van der Waals surface area contributed by atoms with E-state index in [1.807, 2.05) is 12.1 Å². The molecular formula is C26H20N4O4S. The number of fused-ring (bicyclic) bond motifs is 1. The molecule has 0 aliphatic carbocycles. The maximum Gasteiger partial charge on any atom is 0.337 e. The Morgan fingerprint density at radius 2 is 1.80 bits per heavy atom. The number of methoxy groups -OCH3 is 1. The summed E-state index contributed by atoms with van der Waals surface area (Å²) in [5, 5.41) is 12.0. The molecule has 1 atom stereocenters. The Morgan fingerprint density at radius 3 is 2.51 bits per heavy atom. The van der Waals surface area contributed by atoms with Gasteiger partial charge in [0.1, 0.15) is 6.07 Å². The number of nitrogens with one attached hydrogen (secondary N) is 1. The third-order valence-electron chi connectivity index (χ3n) is 5.23. The van der Waals surface area contributed by atoms with Crippen LogP contribution in [0.1, 0.15) is 22.8 Å². The molecule has 1 aromatic heterocycles. The molecule has 1 unspecified atom stereocenters. The van der Waals surface area contributed by atoms with Crippen molar-refractivity contribution in [3.05, 3.63) is 94.3 Å². The number of rotatable bonds is 6. The van der Waals surface area contributed by atoms with E-state index in [9.17, 15) is 19.6 Å². The van der Waals surface area contributed by atoms with Crippen molar-refractivity contribution in [2.45, 2.75) is 17.3 Å². The normalized spacial score (nSPS) is 11.5. The van der Waals surface area contributed by atoms with Gasteiger partial charge in [0.25, 0.3) is 5.56 Å². The lowest BCUT2D eigenvalue weighted by Crippen LogP contribution is -2.26. The molecule has 4 rings (SSSR count). The second kappa shape index (κ2) is 10.2. The number of amides is 1. The average molecular weight is 485 g/mol. The minimum Gasteiger partial charge on any atom is -0.465 e. The van der Waals surface area contributed by atoms with Crippen molar-refractivity contribution in [2.24, 2.45) is 0 Å². The topological polar surface area (TPSA) is 114 Å². The smallest absolute Gasteiger partial charge is 0.337 e. The number of aromatic nitrogens is 2. The molecule has 1 N–H and O–H groups in total. The van der Waals surface area contributed by atoms with Crippen LogP contribution in [0, 0.1) is 11.3 Å². The number of anilines is 1. The molecule has 9 heteroatoms. The number of benzene rings is 3. The number of carbonyl (C=O) groups is 2. The van der Waals surface area contributed by atoms with Gasteiger partial charge in [-0.15, -0.1) is 0 Å². The Hall–Kier alpha value is -4.42. The van der Waals surface area contributed by atoms with Gasteiger partial charge in [0.15, 0.2) is 5.16 Å². The van der Waals surface area contributed by atoms with Crippen LogP contribution < -0.4 is 10.9 Å². The van der Waals surface area contributed by atoms with Crippen molar-refractivity contribution in [3.8, 4) is 11.8 Å². The van der Waals surface area contributed by atoms with Crippen molar-refractivity contribution in [1.82, 2.24) is 9.55 Å². The van der Waals surface area contributed by atoms with Gasteiger partial charge in [-0.1, -0.05) is 42.1 Å². The summed E-state index contributed by atoms with van der Waals surface area (Å²) >= 11 is 1.10. The predicted octanol–water partition coefficient (Wildman–Crippen LogP) is 4.16. The quantitative estimate of drug-likeness (QED) is 0.248. The summed E-state index contributed by atoms with van der Waals surface area (Å²) in [6, 6.07) is 22.3. The molecule has 1 heterocycles. The van der Waals surface area contributed by atoms with Crippen molar-refractivity contribution in [1.29, 1.82) is 5.26 Å². The molecule has 0 radical (unpaired) electrons. The van der Waals surface area contributed by atoms with Crippen LogP contribution in [0.5, 0.6) is 0 Å².